The van der Waals surface area contributed by atoms with Gasteiger partial charge in [-0.3, -0.25) is 9.97 Å². The molecule has 0 fully saturated rings. The summed E-state index contributed by atoms with van der Waals surface area (Å²) in [5.74, 6) is -0.760. The summed E-state index contributed by atoms with van der Waals surface area (Å²) in [6, 6.07) is 13.9. The van der Waals surface area contributed by atoms with Crippen LogP contribution in [0.3, 0.4) is 0 Å². The lowest BCUT2D eigenvalue weighted by Crippen LogP contribution is -1.98. The van der Waals surface area contributed by atoms with Gasteiger partial charge in [0.2, 0.25) is 0 Å². The van der Waals surface area contributed by atoms with Crippen LogP contribution in [0.1, 0.15) is 11.3 Å². The monoisotopic (exact) mass is 342 g/mol. The fourth-order valence-electron chi connectivity index (χ4n) is 2.48. The van der Waals surface area contributed by atoms with Gasteiger partial charge >= 0.3 is 0 Å². The van der Waals surface area contributed by atoms with E-state index < -0.39 is 16.9 Å². The van der Waals surface area contributed by atoms with Gasteiger partial charge in [-0.25, -0.2) is 8.60 Å². The third-order valence-electron chi connectivity index (χ3n) is 3.58. The fraction of sp³-hybridized carbons (Fsp3) is 0.111. The largest absolute Gasteiger partial charge is 0.306 e. The van der Waals surface area contributed by atoms with Crippen LogP contribution in [0.4, 0.5) is 4.39 Å². The molecule has 0 amide bonds. The van der Waals surface area contributed by atoms with Crippen molar-refractivity contribution in [3.05, 3.63) is 71.8 Å². The van der Waals surface area contributed by atoms with Crippen LogP contribution in [-0.4, -0.2) is 18.7 Å². The van der Waals surface area contributed by atoms with Gasteiger partial charge < -0.3 is 4.55 Å². The molecule has 4 nitrogen and oxygen atoms in total. The molecule has 3 rings (SSSR count). The first-order chi connectivity index (χ1) is 11.5. The minimum absolute atomic E-state index is 0.200. The summed E-state index contributed by atoms with van der Waals surface area (Å²) in [7, 11) is 0. The maximum absolute atomic E-state index is 14.2. The third-order valence-corrected chi connectivity index (χ3v) is 4.14. The summed E-state index contributed by atoms with van der Waals surface area (Å²) in [5, 5.41) is 0. The highest BCUT2D eigenvalue weighted by Crippen LogP contribution is 2.30. The van der Waals surface area contributed by atoms with Gasteiger partial charge in [0.15, 0.2) is 11.1 Å². The Morgan fingerprint density at radius 2 is 2.00 bits per heavy atom. The highest BCUT2D eigenvalue weighted by molar-refractivity contribution is 7.78. The summed E-state index contributed by atoms with van der Waals surface area (Å²) in [6.07, 6.45) is 1.64. The minimum atomic E-state index is -2.08. The Bertz CT molecular complexity index is 915. The molecule has 0 aliphatic rings. The zero-order chi connectivity index (χ0) is 17.1. The Hall–Kier alpha value is -2.44. The second-order valence-corrected chi connectivity index (χ2v) is 6.27. The van der Waals surface area contributed by atoms with Crippen LogP contribution in [0.25, 0.3) is 22.5 Å². The highest BCUT2D eigenvalue weighted by atomic mass is 32.2. The fourth-order valence-corrected chi connectivity index (χ4v) is 2.98. The Labute approximate surface area is 141 Å². The number of rotatable bonds is 4. The molecule has 0 saturated carbocycles. The highest BCUT2D eigenvalue weighted by Gasteiger charge is 2.13. The molecule has 24 heavy (non-hydrogen) atoms. The SMILES string of the molecule is Cc1cccc(-c2cccnc2-c2ccc(CS(=O)O)c(F)c2)n1. The average molecular weight is 342 g/mol. The van der Waals surface area contributed by atoms with E-state index in [1.54, 1.807) is 12.3 Å². The second kappa shape index (κ2) is 6.98. The van der Waals surface area contributed by atoms with E-state index in [4.69, 9.17) is 4.55 Å². The molecule has 0 aliphatic carbocycles. The van der Waals surface area contributed by atoms with Crippen molar-refractivity contribution in [1.29, 1.82) is 0 Å². The van der Waals surface area contributed by atoms with Crippen LogP contribution < -0.4 is 0 Å². The molecule has 0 spiro atoms. The van der Waals surface area contributed by atoms with Gasteiger partial charge in [0.05, 0.1) is 17.1 Å². The molecule has 122 valence electrons. The predicted octanol–water partition coefficient (Wildman–Crippen LogP) is 3.98. The lowest BCUT2D eigenvalue weighted by molar-refractivity contribution is 0.559. The van der Waals surface area contributed by atoms with E-state index >= 15 is 0 Å². The van der Waals surface area contributed by atoms with E-state index in [1.165, 1.54) is 12.1 Å². The molecular weight excluding hydrogens is 327 g/mol. The normalized spacial score (nSPS) is 12.1. The molecule has 2 heterocycles. The molecule has 0 bridgehead atoms. The topological polar surface area (TPSA) is 63.1 Å². The zero-order valence-corrected chi connectivity index (χ0v) is 13.8. The van der Waals surface area contributed by atoms with E-state index in [0.29, 0.717) is 11.3 Å². The molecule has 0 saturated heterocycles. The van der Waals surface area contributed by atoms with E-state index in [9.17, 15) is 8.60 Å². The lowest BCUT2D eigenvalue weighted by Gasteiger charge is -2.10. The van der Waals surface area contributed by atoms with Gasteiger partial charge in [-0.05, 0) is 37.3 Å². The van der Waals surface area contributed by atoms with Gasteiger partial charge in [-0.15, -0.1) is 0 Å². The molecule has 2 aromatic heterocycles. The maximum Gasteiger partial charge on any atom is 0.157 e. The number of hydrogen-bond donors (Lipinski definition) is 1. The Kier molecular flexibility index (Phi) is 4.78. The van der Waals surface area contributed by atoms with Crippen LogP contribution in [-0.2, 0) is 16.8 Å². The Balaban J connectivity index is 2.08. The molecule has 1 atom stereocenters. The third kappa shape index (κ3) is 3.55. The Morgan fingerprint density at radius 1 is 1.17 bits per heavy atom. The number of pyridine rings is 2. The summed E-state index contributed by atoms with van der Waals surface area (Å²) in [4.78, 5) is 8.87. The van der Waals surface area contributed by atoms with Crippen molar-refractivity contribution < 1.29 is 13.2 Å². The number of aromatic nitrogens is 2. The first-order valence-electron chi connectivity index (χ1n) is 7.30. The van der Waals surface area contributed by atoms with Crippen molar-refractivity contribution in [2.24, 2.45) is 0 Å². The zero-order valence-electron chi connectivity index (χ0n) is 12.9. The number of halogens is 1. The van der Waals surface area contributed by atoms with Crippen LogP contribution in [0, 0.1) is 12.7 Å². The van der Waals surface area contributed by atoms with Crippen LogP contribution >= 0.6 is 0 Å². The van der Waals surface area contributed by atoms with Gasteiger partial charge in [0.25, 0.3) is 0 Å². The molecule has 0 radical (unpaired) electrons. The van der Waals surface area contributed by atoms with Crippen molar-refractivity contribution in [1.82, 2.24) is 9.97 Å². The van der Waals surface area contributed by atoms with Crippen LogP contribution in [0.2, 0.25) is 0 Å². The number of nitrogens with zero attached hydrogens (tertiary/aromatic N) is 2. The number of aryl methyl sites for hydroxylation is 1. The molecule has 3 aromatic rings. The Morgan fingerprint density at radius 3 is 2.71 bits per heavy atom. The average Bonchev–Trinajstić information content (AvgIpc) is 2.56. The number of benzene rings is 1. The first-order valence-corrected chi connectivity index (χ1v) is 8.57. The molecular formula is C18H15FN2O2S. The van der Waals surface area contributed by atoms with Crippen molar-refractivity contribution in [3.8, 4) is 22.5 Å². The predicted molar refractivity (Wildman–Crippen MR) is 92.1 cm³/mol. The summed E-state index contributed by atoms with van der Waals surface area (Å²) < 4.78 is 34.0. The summed E-state index contributed by atoms with van der Waals surface area (Å²) >= 11 is -2.08. The van der Waals surface area contributed by atoms with Gasteiger partial charge in [0.1, 0.15) is 5.82 Å². The molecule has 1 unspecified atom stereocenters. The molecule has 1 aromatic carbocycles. The minimum Gasteiger partial charge on any atom is -0.306 e. The van der Waals surface area contributed by atoms with Crippen molar-refractivity contribution in [2.75, 3.05) is 0 Å². The van der Waals surface area contributed by atoms with Gasteiger partial charge in [-0.2, -0.15) is 0 Å². The number of hydrogen-bond acceptors (Lipinski definition) is 3. The van der Waals surface area contributed by atoms with Crippen molar-refractivity contribution >= 4 is 11.1 Å². The molecule has 0 aliphatic heterocycles. The quantitative estimate of drug-likeness (QED) is 0.729. The molecule has 1 N–H and O–H groups in total. The van der Waals surface area contributed by atoms with Crippen molar-refractivity contribution in [3.63, 3.8) is 0 Å². The summed E-state index contributed by atoms with van der Waals surface area (Å²) in [5.41, 5.74) is 3.86. The maximum atomic E-state index is 14.2. The summed E-state index contributed by atoms with van der Waals surface area (Å²) in [6.45, 7) is 1.91. The van der Waals surface area contributed by atoms with Gasteiger partial charge in [0, 0.05) is 28.6 Å². The molecule has 6 heteroatoms. The van der Waals surface area contributed by atoms with E-state index in [0.717, 1.165) is 17.0 Å². The van der Waals surface area contributed by atoms with E-state index in [1.807, 2.05) is 37.3 Å². The van der Waals surface area contributed by atoms with E-state index in [2.05, 4.69) is 9.97 Å². The van der Waals surface area contributed by atoms with Gasteiger partial charge in [-0.1, -0.05) is 18.2 Å². The first kappa shape index (κ1) is 16.4. The smallest absolute Gasteiger partial charge is 0.157 e. The second-order valence-electron chi connectivity index (χ2n) is 5.34. The van der Waals surface area contributed by atoms with Crippen LogP contribution in [0.15, 0.2) is 54.7 Å². The van der Waals surface area contributed by atoms with E-state index in [-0.39, 0.29) is 11.3 Å². The standard InChI is InChI=1S/C18H15FN2O2S/c1-12-4-2-6-17(21-12)15-5-3-9-20-18(15)13-7-8-14(11-24(22)23)16(19)10-13/h2-10H,11H2,1H3,(H,22,23). The lowest BCUT2D eigenvalue weighted by atomic mass is 10.0. The van der Waals surface area contributed by atoms with Crippen LogP contribution in [0.5, 0.6) is 0 Å². The van der Waals surface area contributed by atoms with Crippen molar-refractivity contribution in [2.45, 2.75) is 12.7 Å².